The van der Waals surface area contributed by atoms with Gasteiger partial charge in [-0.1, -0.05) is 19.1 Å². The first-order valence-electron chi connectivity index (χ1n) is 7.62. The smallest absolute Gasteiger partial charge is 0.226 e. The molecule has 2 aromatic rings. The Morgan fingerprint density at radius 3 is 2.61 bits per heavy atom. The van der Waals surface area contributed by atoms with Crippen LogP contribution in [-0.4, -0.2) is 40.4 Å². The molecule has 7 heteroatoms. The number of fused-ring (bicyclic) bond motifs is 1. The van der Waals surface area contributed by atoms with Crippen molar-refractivity contribution in [2.24, 2.45) is 11.7 Å². The predicted molar refractivity (Wildman–Crippen MR) is 97.4 cm³/mol. The number of hydrogen-bond acceptors (Lipinski definition) is 3. The molecule has 1 aromatic heterocycles. The molecule has 3 N–H and O–H groups in total. The highest BCUT2D eigenvalue weighted by atomic mass is 35.5. The Morgan fingerprint density at radius 1 is 1.35 bits per heavy atom. The molecule has 0 aliphatic carbocycles. The Kier molecular flexibility index (Phi) is 7.32. The van der Waals surface area contributed by atoms with Crippen molar-refractivity contribution in [3.63, 3.8) is 0 Å². The zero-order valence-electron chi connectivity index (χ0n) is 13.2. The zero-order chi connectivity index (χ0) is 14.8. The van der Waals surface area contributed by atoms with E-state index in [2.05, 4.69) is 9.97 Å². The van der Waals surface area contributed by atoms with E-state index in [0.29, 0.717) is 12.5 Å². The van der Waals surface area contributed by atoms with Gasteiger partial charge in [-0.05, 0) is 25.0 Å². The number of benzene rings is 1. The molecule has 1 aliphatic rings. The maximum absolute atomic E-state index is 12.1. The Bertz CT molecular complexity index is 605. The third-order valence-corrected chi connectivity index (χ3v) is 4.38. The van der Waals surface area contributed by atoms with Crippen LogP contribution in [0, 0.1) is 5.92 Å². The number of aromatic nitrogens is 2. The highest BCUT2D eigenvalue weighted by Crippen LogP contribution is 2.28. The molecule has 0 bridgehead atoms. The molecule has 1 unspecified atom stereocenters. The number of hydrogen-bond donors (Lipinski definition) is 2. The lowest BCUT2D eigenvalue weighted by Gasteiger charge is -2.32. The SMILES string of the molecule is CC(CN)C(=O)N1CCC(c2nc3ccccc3[nH]2)CC1.Cl.Cl. The van der Waals surface area contributed by atoms with Gasteiger partial charge >= 0.3 is 0 Å². The van der Waals surface area contributed by atoms with Gasteiger partial charge in [-0.15, -0.1) is 24.8 Å². The van der Waals surface area contributed by atoms with E-state index >= 15 is 0 Å². The van der Waals surface area contributed by atoms with Crippen molar-refractivity contribution in [1.29, 1.82) is 0 Å². The van der Waals surface area contributed by atoms with Crippen LogP contribution in [0.2, 0.25) is 0 Å². The van der Waals surface area contributed by atoms with Crippen LogP contribution in [0.15, 0.2) is 24.3 Å². The zero-order valence-corrected chi connectivity index (χ0v) is 14.8. The van der Waals surface area contributed by atoms with Crippen LogP contribution in [0.5, 0.6) is 0 Å². The predicted octanol–water partition coefficient (Wildman–Crippen LogP) is 2.71. The molecule has 1 fully saturated rings. The number of nitrogens with two attached hydrogens (primary N) is 1. The third-order valence-electron chi connectivity index (χ3n) is 4.38. The average molecular weight is 359 g/mol. The maximum atomic E-state index is 12.1. The maximum Gasteiger partial charge on any atom is 0.226 e. The van der Waals surface area contributed by atoms with E-state index in [1.54, 1.807) is 0 Å². The molecule has 5 nitrogen and oxygen atoms in total. The van der Waals surface area contributed by atoms with E-state index in [4.69, 9.17) is 5.73 Å². The topological polar surface area (TPSA) is 75.0 Å². The van der Waals surface area contributed by atoms with Crippen molar-refractivity contribution in [2.45, 2.75) is 25.7 Å². The number of carbonyl (C=O) groups is 1. The van der Waals surface area contributed by atoms with Gasteiger partial charge in [-0.3, -0.25) is 4.79 Å². The summed E-state index contributed by atoms with van der Waals surface area (Å²) in [5, 5.41) is 0. The number of likely N-dealkylation sites (tertiary alicyclic amines) is 1. The van der Waals surface area contributed by atoms with Gasteiger partial charge < -0.3 is 15.6 Å². The first-order valence-corrected chi connectivity index (χ1v) is 7.62. The number of para-hydroxylation sites is 2. The fourth-order valence-electron chi connectivity index (χ4n) is 2.95. The molecular weight excluding hydrogens is 335 g/mol. The summed E-state index contributed by atoms with van der Waals surface area (Å²) in [6.07, 6.45) is 1.92. The number of aromatic amines is 1. The van der Waals surface area contributed by atoms with Crippen molar-refractivity contribution in [1.82, 2.24) is 14.9 Å². The fourth-order valence-corrected chi connectivity index (χ4v) is 2.95. The third kappa shape index (κ3) is 4.16. The molecule has 1 aliphatic heterocycles. The standard InChI is InChI=1S/C16H22N4O.2ClH/c1-11(10-17)16(21)20-8-6-12(7-9-20)15-18-13-4-2-3-5-14(13)19-15;;/h2-5,11-12H,6-10,17H2,1H3,(H,18,19);2*1H. The fraction of sp³-hybridized carbons (Fsp3) is 0.500. The Balaban J connectivity index is 0.00000132. The number of imidazole rings is 1. The van der Waals surface area contributed by atoms with Crippen molar-refractivity contribution in [3.05, 3.63) is 30.1 Å². The van der Waals surface area contributed by atoms with E-state index in [1.165, 1.54) is 0 Å². The van der Waals surface area contributed by atoms with Gasteiger partial charge in [-0.2, -0.15) is 0 Å². The average Bonchev–Trinajstić information content (AvgIpc) is 2.97. The number of rotatable bonds is 3. The molecule has 3 rings (SSSR count). The number of nitrogens with zero attached hydrogens (tertiary/aromatic N) is 2. The molecule has 1 amide bonds. The number of piperidine rings is 1. The van der Waals surface area contributed by atoms with Crippen LogP contribution < -0.4 is 5.73 Å². The minimum atomic E-state index is -0.0762. The van der Waals surface area contributed by atoms with Crippen LogP contribution in [-0.2, 0) is 4.79 Å². The molecule has 0 spiro atoms. The van der Waals surface area contributed by atoms with Gasteiger partial charge in [-0.25, -0.2) is 4.98 Å². The lowest BCUT2D eigenvalue weighted by atomic mass is 9.95. The highest BCUT2D eigenvalue weighted by Gasteiger charge is 2.27. The van der Waals surface area contributed by atoms with Gasteiger partial charge in [0.2, 0.25) is 5.91 Å². The Hall–Kier alpha value is -1.30. The molecule has 0 radical (unpaired) electrons. The van der Waals surface area contributed by atoms with Crippen molar-refractivity contribution in [2.75, 3.05) is 19.6 Å². The summed E-state index contributed by atoms with van der Waals surface area (Å²) < 4.78 is 0. The van der Waals surface area contributed by atoms with Crippen LogP contribution in [0.25, 0.3) is 11.0 Å². The second-order valence-corrected chi connectivity index (χ2v) is 5.88. The van der Waals surface area contributed by atoms with E-state index in [0.717, 1.165) is 42.8 Å². The van der Waals surface area contributed by atoms with Crippen molar-refractivity contribution < 1.29 is 4.79 Å². The first kappa shape index (κ1) is 19.7. The van der Waals surface area contributed by atoms with Crippen LogP contribution in [0.3, 0.4) is 0 Å². The van der Waals surface area contributed by atoms with Gasteiger partial charge in [0.1, 0.15) is 5.82 Å². The van der Waals surface area contributed by atoms with E-state index in [9.17, 15) is 4.79 Å². The van der Waals surface area contributed by atoms with Crippen molar-refractivity contribution in [3.8, 4) is 0 Å². The van der Waals surface area contributed by atoms with Crippen LogP contribution in [0.4, 0.5) is 0 Å². The Labute approximate surface area is 148 Å². The summed E-state index contributed by atoms with van der Waals surface area (Å²) in [5.41, 5.74) is 7.68. The largest absolute Gasteiger partial charge is 0.342 e. The summed E-state index contributed by atoms with van der Waals surface area (Å²) >= 11 is 0. The number of halogens is 2. The molecule has 1 aromatic carbocycles. The number of carbonyl (C=O) groups excluding carboxylic acids is 1. The second-order valence-electron chi connectivity index (χ2n) is 5.88. The van der Waals surface area contributed by atoms with Gasteiger partial charge in [0.15, 0.2) is 0 Å². The van der Waals surface area contributed by atoms with Crippen LogP contribution >= 0.6 is 24.8 Å². The number of H-pyrrole nitrogens is 1. The molecule has 0 saturated carbocycles. The van der Waals surface area contributed by atoms with Gasteiger partial charge in [0.25, 0.3) is 0 Å². The van der Waals surface area contributed by atoms with E-state index < -0.39 is 0 Å². The van der Waals surface area contributed by atoms with E-state index in [1.807, 2.05) is 36.1 Å². The second kappa shape index (κ2) is 8.52. The summed E-state index contributed by atoms with van der Waals surface area (Å²) in [4.78, 5) is 22.2. The molecule has 1 saturated heterocycles. The van der Waals surface area contributed by atoms with Gasteiger partial charge in [0.05, 0.1) is 11.0 Å². The summed E-state index contributed by atoms with van der Waals surface area (Å²) in [6.45, 7) is 3.91. The minimum Gasteiger partial charge on any atom is -0.342 e. The normalized spacial score (nSPS) is 16.5. The van der Waals surface area contributed by atoms with Crippen LogP contribution in [0.1, 0.15) is 31.5 Å². The number of amides is 1. The van der Waals surface area contributed by atoms with Gasteiger partial charge in [0, 0.05) is 31.5 Å². The lowest BCUT2D eigenvalue weighted by molar-refractivity contribution is -0.135. The molecule has 2 heterocycles. The van der Waals surface area contributed by atoms with Crippen molar-refractivity contribution >= 4 is 41.8 Å². The molecule has 128 valence electrons. The first-order chi connectivity index (χ1) is 10.2. The summed E-state index contributed by atoms with van der Waals surface area (Å²) in [7, 11) is 0. The lowest BCUT2D eigenvalue weighted by Crippen LogP contribution is -2.42. The quantitative estimate of drug-likeness (QED) is 0.885. The molecule has 23 heavy (non-hydrogen) atoms. The molecule has 1 atom stereocenters. The molecular formula is C16H24Cl2N4O. The number of nitrogens with one attached hydrogen (secondary N) is 1. The summed E-state index contributed by atoms with van der Waals surface area (Å²) in [5.74, 6) is 1.57. The van der Waals surface area contributed by atoms with E-state index in [-0.39, 0.29) is 36.6 Å². The highest BCUT2D eigenvalue weighted by molar-refractivity contribution is 5.85. The Morgan fingerprint density at radius 2 is 2.00 bits per heavy atom. The monoisotopic (exact) mass is 358 g/mol. The summed E-state index contributed by atoms with van der Waals surface area (Å²) in [6, 6.07) is 8.09. The minimum absolute atomic E-state index is 0.